The molecule has 0 bridgehead atoms. The number of hydrogen-bond acceptors (Lipinski definition) is 6. The van der Waals surface area contributed by atoms with E-state index in [9.17, 15) is 28.2 Å². The number of aromatic nitrogens is 2. The zero-order chi connectivity index (χ0) is 23.2. The van der Waals surface area contributed by atoms with Crippen LogP contribution in [0.25, 0.3) is 5.57 Å². The summed E-state index contributed by atoms with van der Waals surface area (Å²) in [6.45, 7) is -0.754. The molecule has 1 atom stereocenters. The van der Waals surface area contributed by atoms with Crippen molar-refractivity contribution in [1.29, 1.82) is 0 Å². The predicted molar refractivity (Wildman–Crippen MR) is 106 cm³/mol. The molecule has 0 aliphatic rings. The first-order valence-corrected chi connectivity index (χ1v) is 9.57. The van der Waals surface area contributed by atoms with Gasteiger partial charge in [-0.3, -0.25) is 4.68 Å². The summed E-state index contributed by atoms with van der Waals surface area (Å²) in [5.41, 5.74) is -0.807. The lowest BCUT2D eigenvalue weighted by atomic mass is 10.0. The predicted octanol–water partition coefficient (Wildman–Crippen LogP) is 3.32. The van der Waals surface area contributed by atoms with Crippen LogP contribution in [-0.4, -0.2) is 52.9 Å². The first-order chi connectivity index (χ1) is 14.6. The molecule has 0 spiro atoms. The summed E-state index contributed by atoms with van der Waals surface area (Å²) < 4.78 is 56.2. The number of ether oxygens (including phenoxy) is 3. The van der Waals surface area contributed by atoms with Gasteiger partial charge in [-0.1, -0.05) is 24.3 Å². The Kier molecular flexibility index (Phi) is 8.48. The lowest BCUT2D eigenvalue weighted by Crippen LogP contribution is -2.22. The molecule has 2 N–H and O–H groups in total. The first-order valence-electron chi connectivity index (χ1n) is 8.78. The van der Waals surface area contributed by atoms with Gasteiger partial charge in [-0.25, -0.2) is 4.79 Å². The minimum Gasteiger partial charge on any atom is -0.503 e. The van der Waals surface area contributed by atoms with E-state index in [1.165, 1.54) is 26.4 Å². The fourth-order valence-electron chi connectivity index (χ4n) is 2.73. The van der Waals surface area contributed by atoms with Crippen LogP contribution < -0.4 is 4.74 Å². The maximum atomic E-state index is 13.6. The lowest BCUT2D eigenvalue weighted by Gasteiger charge is -2.12. The van der Waals surface area contributed by atoms with Gasteiger partial charge in [-0.2, -0.15) is 13.2 Å². The Hall–Kier alpha value is -2.57. The van der Waals surface area contributed by atoms with Gasteiger partial charge >= 0.3 is 12.1 Å². The second-order valence-corrected chi connectivity index (χ2v) is 7.03. The molecule has 2 aromatic rings. The van der Waals surface area contributed by atoms with E-state index in [1.54, 1.807) is 12.1 Å². The topological polar surface area (TPSA) is 103 Å². The fraction of sp³-hybridized carbons (Fsp3) is 0.368. The number of aliphatic carboxylic acids is 1. The van der Waals surface area contributed by atoms with Crippen LogP contribution in [-0.2, 0) is 33.6 Å². The number of methoxy groups -OCH3 is 2. The Bertz CT molecular complexity index is 945. The van der Waals surface area contributed by atoms with Gasteiger partial charge in [-0.05, 0) is 27.1 Å². The number of carbonyl (C=O) groups is 1. The minimum atomic E-state index is -4.79. The van der Waals surface area contributed by atoms with Crippen LogP contribution >= 0.6 is 15.9 Å². The normalized spacial score (nSPS) is 13.2. The summed E-state index contributed by atoms with van der Waals surface area (Å²) >= 11 is 2.87. The highest BCUT2D eigenvalue weighted by Crippen LogP contribution is 2.41. The molecule has 0 saturated carbocycles. The largest absolute Gasteiger partial charge is 0.503 e. The van der Waals surface area contributed by atoms with E-state index in [0.29, 0.717) is 5.56 Å². The van der Waals surface area contributed by atoms with Crippen LogP contribution in [0.3, 0.4) is 0 Å². The van der Waals surface area contributed by atoms with Gasteiger partial charge in [0.2, 0.25) is 5.88 Å². The van der Waals surface area contributed by atoms with Crippen LogP contribution in [0.4, 0.5) is 13.2 Å². The van der Waals surface area contributed by atoms with Crippen molar-refractivity contribution in [2.75, 3.05) is 20.8 Å². The van der Waals surface area contributed by atoms with E-state index in [2.05, 4.69) is 21.0 Å². The van der Waals surface area contributed by atoms with Gasteiger partial charge in [0.25, 0.3) is 0 Å². The fourth-order valence-corrected chi connectivity index (χ4v) is 3.35. The second kappa shape index (κ2) is 10.6. The Morgan fingerprint density at radius 2 is 2.00 bits per heavy atom. The van der Waals surface area contributed by atoms with E-state index in [-0.39, 0.29) is 24.3 Å². The van der Waals surface area contributed by atoms with Crippen molar-refractivity contribution in [2.45, 2.75) is 25.4 Å². The molecule has 0 amide bonds. The zero-order valence-corrected chi connectivity index (χ0v) is 18.1. The van der Waals surface area contributed by atoms with Crippen LogP contribution in [0.5, 0.6) is 5.88 Å². The van der Waals surface area contributed by atoms with Crippen molar-refractivity contribution < 1.29 is 42.4 Å². The van der Waals surface area contributed by atoms with Crippen molar-refractivity contribution in [3.05, 3.63) is 51.8 Å². The van der Waals surface area contributed by atoms with Crippen LogP contribution in [0.15, 0.2) is 35.1 Å². The first kappa shape index (κ1) is 24.7. The van der Waals surface area contributed by atoms with Crippen molar-refractivity contribution >= 4 is 27.5 Å². The van der Waals surface area contributed by atoms with E-state index in [0.717, 1.165) is 10.9 Å². The lowest BCUT2D eigenvalue weighted by molar-refractivity contribution is -0.139. The third kappa shape index (κ3) is 6.21. The summed E-state index contributed by atoms with van der Waals surface area (Å²) in [4.78, 5) is 11.5. The number of benzene rings is 1. The molecule has 0 fully saturated rings. The zero-order valence-electron chi connectivity index (χ0n) is 16.5. The molecule has 0 aliphatic heterocycles. The summed E-state index contributed by atoms with van der Waals surface area (Å²) in [6, 6.07) is 6.17. The molecule has 0 radical (unpaired) electrons. The number of aliphatic hydroxyl groups is 1. The third-order valence-corrected chi connectivity index (χ3v) is 4.83. The van der Waals surface area contributed by atoms with E-state index >= 15 is 0 Å². The highest BCUT2D eigenvalue weighted by Gasteiger charge is 2.41. The van der Waals surface area contributed by atoms with Crippen LogP contribution in [0, 0.1) is 0 Å². The molecule has 0 saturated heterocycles. The third-order valence-electron chi connectivity index (χ3n) is 4.02. The molecular weight excluding hydrogens is 489 g/mol. The molecule has 1 aromatic carbocycles. The summed E-state index contributed by atoms with van der Waals surface area (Å²) in [6.07, 6.45) is -4.86. The molecular formula is C19H20BrF3N2O6. The Morgan fingerprint density at radius 3 is 2.58 bits per heavy atom. The van der Waals surface area contributed by atoms with Gasteiger partial charge < -0.3 is 24.4 Å². The number of rotatable bonds is 10. The van der Waals surface area contributed by atoms with Crippen molar-refractivity contribution in [1.82, 2.24) is 9.78 Å². The number of carboxylic acid groups (broad SMARTS) is 1. The SMILES string of the molecule is CO/C=C(/C(=O)O)c1ccccc1COc1nn(CC(O)COC)c(Br)c1C(F)(F)F. The highest BCUT2D eigenvalue weighted by atomic mass is 79.9. The molecule has 0 aliphatic carbocycles. The maximum Gasteiger partial charge on any atom is 0.424 e. The molecule has 1 aromatic heterocycles. The van der Waals surface area contributed by atoms with Gasteiger partial charge in [-0.15, -0.1) is 5.10 Å². The van der Waals surface area contributed by atoms with Gasteiger partial charge in [0.1, 0.15) is 16.8 Å². The molecule has 1 unspecified atom stereocenters. The van der Waals surface area contributed by atoms with E-state index < -0.39 is 40.9 Å². The Labute approximate surface area is 184 Å². The van der Waals surface area contributed by atoms with E-state index in [4.69, 9.17) is 14.2 Å². The molecule has 31 heavy (non-hydrogen) atoms. The number of nitrogens with zero attached hydrogens (tertiary/aromatic N) is 2. The standard InChI is InChI=1S/C19H20BrF3N2O6/c1-29-9-12(26)7-25-16(20)15(19(21,22)23)17(24-25)31-8-11-5-3-4-6-13(11)14(10-30-2)18(27)28/h3-6,10,12,26H,7-9H2,1-2H3,(H,27,28)/b14-10+. The molecule has 12 heteroatoms. The highest BCUT2D eigenvalue weighted by molar-refractivity contribution is 9.10. The van der Waals surface area contributed by atoms with Crippen molar-refractivity contribution in [3.63, 3.8) is 0 Å². The summed E-state index contributed by atoms with van der Waals surface area (Å²) in [5.74, 6) is -1.99. The van der Waals surface area contributed by atoms with Gasteiger partial charge in [0, 0.05) is 7.11 Å². The van der Waals surface area contributed by atoms with E-state index in [1.807, 2.05) is 0 Å². The molecule has 2 rings (SSSR count). The number of hydrogen-bond donors (Lipinski definition) is 2. The minimum absolute atomic E-state index is 0.0962. The number of halogens is 4. The van der Waals surface area contributed by atoms with Gasteiger partial charge in [0.15, 0.2) is 5.56 Å². The van der Waals surface area contributed by atoms with Crippen molar-refractivity contribution in [3.8, 4) is 5.88 Å². The monoisotopic (exact) mass is 508 g/mol. The number of alkyl halides is 3. The van der Waals surface area contributed by atoms with Crippen molar-refractivity contribution in [2.24, 2.45) is 0 Å². The number of carboxylic acids is 1. The average molecular weight is 509 g/mol. The Balaban J connectivity index is 2.38. The van der Waals surface area contributed by atoms with Crippen LogP contribution in [0.2, 0.25) is 0 Å². The smallest absolute Gasteiger partial charge is 0.424 e. The molecule has 8 nitrogen and oxygen atoms in total. The molecule has 1 heterocycles. The van der Waals surface area contributed by atoms with Crippen LogP contribution in [0.1, 0.15) is 16.7 Å². The Morgan fingerprint density at radius 1 is 1.32 bits per heavy atom. The number of aliphatic hydroxyl groups excluding tert-OH is 1. The molecule has 170 valence electrons. The summed E-state index contributed by atoms with van der Waals surface area (Å²) in [7, 11) is 2.62. The second-order valence-electron chi connectivity index (χ2n) is 6.28. The van der Waals surface area contributed by atoms with Gasteiger partial charge in [0.05, 0.1) is 32.6 Å². The summed E-state index contributed by atoms with van der Waals surface area (Å²) in [5, 5.41) is 23.0. The quantitative estimate of drug-likeness (QED) is 0.374. The maximum absolute atomic E-state index is 13.6. The average Bonchev–Trinajstić information content (AvgIpc) is 3.00.